The van der Waals surface area contributed by atoms with Gasteiger partial charge in [0, 0.05) is 0 Å². The summed E-state index contributed by atoms with van der Waals surface area (Å²) in [5.74, 6) is 0.816. The molecule has 0 aromatic heterocycles. The second-order valence-electron chi connectivity index (χ2n) is 6.77. The van der Waals surface area contributed by atoms with Crippen molar-refractivity contribution in [2.24, 2.45) is 5.10 Å². The Labute approximate surface area is 156 Å². The summed E-state index contributed by atoms with van der Waals surface area (Å²) in [7, 11) is 0. The number of nitrogens with one attached hydrogen (secondary N) is 1. The number of benzene rings is 2. The number of carbonyl (C=O) groups is 1. The van der Waals surface area contributed by atoms with Crippen molar-refractivity contribution in [1.29, 1.82) is 0 Å². The van der Waals surface area contributed by atoms with Crippen LogP contribution >= 0.6 is 0 Å². The van der Waals surface area contributed by atoms with Crippen LogP contribution in [0.3, 0.4) is 0 Å². The molecule has 0 spiro atoms. The Kier molecular flexibility index (Phi) is 6.96. The van der Waals surface area contributed by atoms with E-state index in [0.717, 1.165) is 34.6 Å². The third kappa shape index (κ3) is 5.45. The molecule has 0 fully saturated rings. The molecule has 0 saturated heterocycles. The highest BCUT2D eigenvalue weighted by molar-refractivity contribution is 5.99. The monoisotopic (exact) mass is 352 g/mol. The van der Waals surface area contributed by atoms with Crippen LogP contribution in [0.15, 0.2) is 47.6 Å². The molecule has 0 atom stereocenters. The summed E-state index contributed by atoms with van der Waals surface area (Å²) >= 11 is 0. The molecule has 0 radical (unpaired) electrons. The Hall–Kier alpha value is -2.62. The molecule has 138 valence electrons. The van der Waals surface area contributed by atoms with Gasteiger partial charge in [-0.25, -0.2) is 5.43 Å². The van der Waals surface area contributed by atoms with Gasteiger partial charge in [-0.2, -0.15) is 5.10 Å². The molecular formula is C22H28N2O2. The first-order valence-electron chi connectivity index (χ1n) is 9.06. The number of hydrogen-bond acceptors (Lipinski definition) is 3. The van der Waals surface area contributed by atoms with Gasteiger partial charge in [-0.15, -0.1) is 0 Å². The third-order valence-electron chi connectivity index (χ3n) is 4.28. The fourth-order valence-corrected chi connectivity index (χ4v) is 2.61. The average molecular weight is 352 g/mol. The van der Waals surface area contributed by atoms with Crippen molar-refractivity contribution in [1.82, 2.24) is 5.43 Å². The van der Waals surface area contributed by atoms with E-state index in [1.54, 1.807) is 0 Å². The molecule has 0 aliphatic rings. The molecule has 1 N–H and O–H groups in total. The van der Waals surface area contributed by atoms with E-state index in [4.69, 9.17) is 4.74 Å². The number of hydrogen-bond donors (Lipinski definition) is 1. The minimum Gasteiger partial charge on any atom is -0.483 e. The van der Waals surface area contributed by atoms with Crippen LogP contribution in [0.4, 0.5) is 0 Å². The lowest BCUT2D eigenvalue weighted by Crippen LogP contribution is -2.26. The fourth-order valence-electron chi connectivity index (χ4n) is 2.61. The number of hydrazone groups is 1. The van der Waals surface area contributed by atoms with Crippen molar-refractivity contribution < 1.29 is 9.53 Å². The zero-order valence-corrected chi connectivity index (χ0v) is 16.3. The molecule has 2 aromatic carbocycles. The van der Waals surface area contributed by atoms with Crippen molar-refractivity contribution in [2.45, 2.75) is 47.0 Å². The maximum absolute atomic E-state index is 12.1. The summed E-state index contributed by atoms with van der Waals surface area (Å²) in [6.45, 7) is 10.2. The normalized spacial score (nSPS) is 11.5. The molecule has 4 nitrogen and oxygen atoms in total. The quantitative estimate of drug-likeness (QED) is 0.585. The molecule has 0 unspecified atom stereocenters. The molecular weight excluding hydrogens is 324 g/mol. The van der Waals surface area contributed by atoms with E-state index in [9.17, 15) is 4.79 Å². The highest BCUT2D eigenvalue weighted by Crippen LogP contribution is 2.27. The fraction of sp³-hybridized carbons (Fsp3) is 0.364. The first-order chi connectivity index (χ1) is 12.4. The van der Waals surface area contributed by atoms with Gasteiger partial charge < -0.3 is 4.74 Å². The van der Waals surface area contributed by atoms with E-state index in [1.807, 2.05) is 32.0 Å². The van der Waals surface area contributed by atoms with Crippen LogP contribution in [0.1, 0.15) is 55.9 Å². The minimum atomic E-state index is -0.272. The van der Waals surface area contributed by atoms with Crippen molar-refractivity contribution in [3.63, 3.8) is 0 Å². The molecule has 2 aromatic rings. The summed E-state index contributed by atoms with van der Waals surface area (Å²) in [5.41, 5.74) is 7.80. The summed E-state index contributed by atoms with van der Waals surface area (Å²) < 4.78 is 5.73. The zero-order chi connectivity index (χ0) is 19.1. The Morgan fingerprint density at radius 3 is 2.46 bits per heavy atom. The molecule has 26 heavy (non-hydrogen) atoms. The second-order valence-corrected chi connectivity index (χ2v) is 6.77. The molecule has 0 heterocycles. The Morgan fingerprint density at radius 1 is 1.15 bits per heavy atom. The Bertz CT molecular complexity index is 777. The minimum absolute atomic E-state index is 0.0608. The smallest absolute Gasteiger partial charge is 0.277 e. The number of nitrogens with zero attached hydrogens (tertiary/aromatic N) is 1. The molecule has 0 aliphatic heterocycles. The van der Waals surface area contributed by atoms with Crippen molar-refractivity contribution in [3.8, 4) is 5.75 Å². The lowest BCUT2D eigenvalue weighted by atomic mass is 10.0. The Balaban J connectivity index is 1.95. The number of rotatable bonds is 7. The molecule has 0 aliphatic carbocycles. The summed E-state index contributed by atoms with van der Waals surface area (Å²) in [6, 6.07) is 14.3. The molecule has 0 bridgehead atoms. The number of carbonyl (C=O) groups excluding carboxylic acids is 1. The molecule has 4 heteroatoms. The van der Waals surface area contributed by atoms with Crippen molar-refractivity contribution >= 4 is 11.6 Å². The van der Waals surface area contributed by atoms with Gasteiger partial charge in [0.2, 0.25) is 0 Å². The lowest BCUT2D eigenvalue weighted by molar-refractivity contribution is -0.123. The Morgan fingerprint density at radius 2 is 1.85 bits per heavy atom. The van der Waals surface area contributed by atoms with E-state index < -0.39 is 0 Å². The van der Waals surface area contributed by atoms with Gasteiger partial charge in [-0.05, 0) is 54.5 Å². The van der Waals surface area contributed by atoms with Gasteiger partial charge in [0.25, 0.3) is 5.91 Å². The van der Waals surface area contributed by atoms with Crippen molar-refractivity contribution in [3.05, 3.63) is 64.7 Å². The summed E-state index contributed by atoms with van der Waals surface area (Å²) in [4.78, 5) is 12.1. The topological polar surface area (TPSA) is 50.7 Å². The van der Waals surface area contributed by atoms with Gasteiger partial charge in [0.05, 0.1) is 5.71 Å². The summed E-state index contributed by atoms with van der Waals surface area (Å²) in [6.07, 6.45) is 1.00. The number of ether oxygens (including phenoxy) is 1. The van der Waals surface area contributed by atoms with Crippen LogP contribution in [0.25, 0.3) is 0 Å². The molecule has 2 rings (SSSR count). The van der Waals surface area contributed by atoms with Crippen LogP contribution in [0.5, 0.6) is 5.75 Å². The third-order valence-corrected chi connectivity index (χ3v) is 4.28. The van der Waals surface area contributed by atoms with Crippen LogP contribution in [0, 0.1) is 6.92 Å². The first-order valence-corrected chi connectivity index (χ1v) is 9.06. The van der Waals surface area contributed by atoms with Crippen molar-refractivity contribution in [2.75, 3.05) is 6.61 Å². The maximum atomic E-state index is 12.1. The van der Waals surface area contributed by atoms with Crippen LogP contribution in [0.2, 0.25) is 0 Å². The van der Waals surface area contributed by atoms with Gasteiger partial charge in [-0.3, -0.25) is 4.79 Å². The molecule has 1 amide bonds. The first kappa shape index (κ1) is 19.7. The van der Waals surface area contributed by atoms with E-state index in [1.165, 1.54) is 5.56 Å². The average Bonchev–Trinajstić information content (AvgIpc) is 2.64. The highest BCUT2D eigenvalue weighted by Gasteiger charge is 2.10. The van der Waals surface area contributed by atoms with E-state index in [-0.39, 0.29) is 12.5 Å². The van der Waals surface area contributed by atoms with E-state index in [2.05, 4.69) is 55.6 Å². The second kappa shape index (κ2) is 9.18. The molecule has 0 saturated carbocycles. The highest BCUT2D eigenvalue weighted by atomic mass is 16.5. The van der Waals surface area contributed by atoms with E-state index in [0.29, 0.717) is 5.92 Å². The SMILES string of the molecule is CCc1ccc(C(C)=NNC(=O)COc2cc(C)ccc2C(C)C)cc1. The van der Waals surface area contributed by atoms with Gasteiger partial charge >= 0.3 is 0 Å². The summed E-state index contributed by atoms with van der Waals surface area (Å²) in [5, 5.41) is 4.17. The van der Waals surface area contributed by atoms with Crippen LogP contribution in [-0.2, 0) is 11.2 Å². The van der Waals surface area contributed by atoms with E-state index >= 15 is 0 Å². The van der Waals surface area contributed by atoms with Gasteiger partial charge in [-0.1, -0.05) is 57.2 Å². The zero-order valence-electron chi connectivity index (χ0n) is 16.3. The maximum Gasteiger partial charge on any atom is 0.277 e. The van der Waals surface area contributed by atoms with Crippen LogP contribution < -0.4 is 10.2 Å². The number of aryl methyl sites for hydroxylation is 2. The predicted octanol–water partition coefficient (Wildman–Crippen LogP) is 4.60. The predicted molar refractivity (Wildman–Crippen MR) is 107 cm³/mol. The number of amides is 1. The standard InChI is InChI=1S/C22H28N2O2/c1-6-18-8-10-19(11-9-18)17(5)23-24-22(25)14-26-21-13-16(4)7-12-20(21)15(2)3/h7-13,15H,6,14H2,1-5H3,(H,24,25). The lowest BCUT2D eigenvalue weighted by Gasteiger charge is -2.14. The van der Waals surface area contributed by atoms with Gasteiger partial charge in [0.15, 0.2) is 6.61 Å². The van der Waals surface area contributed by atoms with Crippen LogP contribution in [-0.4, -0.2) is 18.2 Å². The largest absolute Gasteiger partial charge is 0.483 e. The van der Waals surface area contributed by atoms with Gasteiger partial charge in [0.1, 0.15) is 5.75 Å².